The largest absolute Gasteiger partial charge is 0.508 e. The fourth-order valence-electron chi connectivity index (χ4n) is 8.38. The molecule has 0 fully saturated rings. The van der Waals surface area contributed by atoms with Crippen molar-refractivity contribution in [1.29, 1.82) is 0 Å². The Balaban J connectivity index is 0.000000191. The second-order valence-corrected chi connectivity index (χ2v) is 47.1. The lowest BCUT2D eigenvalue weighted by molar-refractivity contribution is 0.380. The topological polar surface area (TPSA) is 209 Å². The predicted molar refractivity (Wildman–Crippen MR) is 347 cm³/mol. The van der Waals surface area contributed by atoms with Crippen molar-refractivity contribution in [3.8, 4) is 34.5 Å². The zero-order valence-corrected chi connectivity index (χ0v) is 56.0. The van der Waals surface area contributed by atoms with Crippen LogP contribution < -0.4 is 19.5 Å². The standard InChI is InChI=1S/C17H19NO4S.C14H13NO5S.C9H11N.C8H9ClO3S.C6H10.PS8/c1-12-4-5-13-10-18(11-14(13)8-12)23(19,20)17-7-6-15(21-2)9-16(17)22-3;16-11-2-1-9-7-15(8-10(9)5-11)21(19,20)14-4-3-12(17)6-13(14)18;1-7-2-3-8-5-10-6-9(8)4-7;1-6-3-4-8(13(9,10)11)7(5-6)12-2;1-2-4-6-5-3-1;2-1(3)9(6,7)8(4)5/h4-9H,10-11H2,1-3H3;1-6,16-18H,7-8H2;2-4,10H,5-6H2,1H3;3-5H,1-2H3;1-2H,3-6H2;/q;;;;;-1. The zero-order chi connectivity index (χ0) is 60.7. The van der Waals surface area contributed by atoms with Crippen molar-refractivity contribution in [3.63, 3.8) is 0 Å². The summed E-state index contributed by atoms with van der Waals surface area (Å²) in [6.07, 6.45) is 10.0. The molecular weight excluding hydrogens is 1300 g/mol. The molecule has 3 aliphatic heterocycles. The minimum atomic E-state index is -3.88. The van der Waals surface area contributed by atoms with E-state index in [1.807, 2.05) is 32.0 Å². The van der Waals surface area contributed by atoms with E-state index in [0.29, 0.717) is 18.8 Å². The van der Waals surface area contributed by atoms with Crippen molar-refractivity contribution < 1.29 is 54.8 Å². The number of rotatable bonds is 10. The van der Waals surface area contributed by atoms with E-state index in [0.717, 1.165) is 52.5 Å². The number of sulfonamides is 2. The highest BCUT2D eigenvalue weighted by molar-refractivity contribution is 9.27. The third kappa shape index (κ3) is 19.2. The quantitative estimate of drug-likeness (QED) is 0.0330. The van der Waals surface area contributed by atoms with Gasteiger partial charge in [0.2, 0.25) is 20.0 Å². The van der Waals surface area contributed by atoms with Crippen LogP contribution in [0.2, 0.25) is 0 Å². The van der Waals surface area contributed by atoms with Crippen LogP contribution in [-0.2, 0) is 150 Å². The van der Waals surface area contributed by atoms with E-state index >= 15 is 0 Å². The fourth-order valence-corrected chi connectivity index (χ4v) is 24.4. The first-order chi connectivity index (χ1) is 38.5. The van der Waals surface area contributed by atoms with Crippen molar-refractivity contribution >= 4 is 127 Å². The summed E-state index contributed by atoms with van der Waals surface area (Å²) in [6.45, 7) is 9.16. The van der Waals surface area contributed by atoms with Gasteiger partial charge in [-0.05, 0) is 156 Å². The molecule has 6 aromatic rings. The smallest absolute Gasteiger partial charge is 0.264 e. The van der Waals surface area contributed by atoms with Crippen LogP contribution in [0, 0.1) is 20.8 Å². The first-order valence-electron chi connectivity index (χ1n) is 24.7. The number of allylic oxidation sites excluding steroid dienone is 2. The third-order valence-corrected chi connectivity index (χ3v) is 46.0. The zero-order valence-electron chi connectivity index (χ0n) is 45.3. The van der Waals surface area contributed by atoms with E-state index in [-0.39, 0.29) is 50.8 Å². The van der Waals surface area contributed by atoms with Crippen LogP contribution in [0.3, 0.4) is 0 Å². The number of fused-ring (bicyclic) bond motifs is 3. The number of methoxy groups -OCH3 is 3. The highest BCUT2D eigenvalue weighted by atomic mass is 35.7. The van der Waals surface area contributed by atoms with Crippen LogP contribution in [0.1, 0.15) is 75.8 Å². The lowest BCUT2D eigenvalue weighted by Crippen LogP contribution is -2.26. The van der Waals surface area contributed by atoms with Gasteiger partial charge in [0.25, 0.3) is 9.05 Å². The summed E-state index contributed by atoms with van der Waals surface area (Å²) in [5, 5.41) is 30.6. The van der Waals surface area contributed by atoms with Crippen molar-refractivity contribution in [2.45, 2.75) is 100 Å². The highest BCUT2D eigenvalue weighted by Gasteiger charge is 2.34. The first kappa shape index (κ1) is 69.1. The number of phenolic OH excluding ortho intramolecular Hbond substituents is 3. The average Bonchev–Trinajstić information content (AvgIpc) is 4.22. The molecular formula is C54H62ClN3O12PS11-. The Labute approximate surface area is 518 Å². The summed E-state index contributed by atoms with van der Waals surface area (Å²) in [5.41, 5.74) is 10.00. The minimum Gasteiger partial charge on any atom is -0.508 e. The van der Waals surface area contributed by atoms with Gasteiger partial charge in [0, 0.05) is 67.9 Å². The van der Waals surface area contributed by atoms with Crippen molar-refractivity contribution in [2.75, 3.05) is 21.3 Å². The lowest BCUT2D eigenvalue weighted by Gasteiger charge is -2.18. The van der Waals surface area contributed by atoms with Crippen LogP contribution in [-0.4, -0.2) is 70.5 Å². The van der Waals surface area contributed by atoms with Gasteiger partial charge in [-0.2, -0.15) is 8.61 Å². The van der Waals surface area contributed by atoms with Gasteiger partial charge in [-0.3, -0.25) is 0 Å². The summed E-state index contributed by atoms with van der Waals surface area (Å²) >= 11 is 28.9. The number of hydrogen-bond donors (Lipinski definition) is 4. The molecule has 1 unspecified atom stereocenters. The van der Waals surface area contributed by atoms with Gasteiger partial charge in [0.15, 0.2) is 0 Å². The van der Waals surface area contributed by atoms with Crippen LogP contribution in [0.25, 0.3) is 0 Å². The van der Waals surface area contributed by atoms with Gasteiger partial charge in [0.05, 0.1) is 26.4 Å². The Morgan fingerprint density at radius 3 is 1.50 bits per heavy atom. The molecule has 4 aliphatic rings. The van der Waals surface area contributed by atoms with E-state index in [4.69, 9.17) is 93.7 Å². The molecule has 0 spiro atoms. The molecule has 0 radical (unpaired) electrons. The first-order valence-corrected chi connectivity index (χ1v) is 40.9. The Kier molecular flexibility index (Phi) is 26.2. The molecule has 0 saturated carbocycles. The number of aromatic hydroxyl groups is 3. The molecule has 1 atom stereocenters. The van der Waals surface area contributed by atoms with E-state index in [9.17, 15) is 40.6 Å². The Hall–Kier alpha value is -3.67. The van der Waals surface area contributed by atoms with E-state index in [1.165, 1.54) is 109 Å². The molecule has 0 aromatic heterocycles. The van der Waals surface area contributed by atoms with Gasteiger partial charge in [-0.1, -0.05) is 71.8 Å². The highest BCUT2D eigenvalue weighted by Crippen LogP contribution is 2.37. The van der Waals surface area contributed by atoms with Gasteiger partial charge in [-0.15, -0.1) is 0 Å². The molecule has 82 heavy (non-hydrogen) atoms. The van der Waals surface area contributed by atoms with Crippen LogP contribution in [0.4, 0.5) is 0 Å². The number of halogens is 1. The summed E-state index contributed by atoms with van der Waals surface area (Å²) in [6, 6.07) is 30.2. The van der Waals surface area contributed by atoms with Crippen LogP contribution in [0.15, 0.2) is 136 Å². The van der Waals surface area contributed by atoms with Gasteiger partial charge in [0.1, 0.15) is 61.0 Å². The number of benzene rings is 6. The number of aryl methyl sites for hydroxylation is 3. The van der Waals surface area contributed by atoms with E-state index < -0.39 is 52.8 Å². The van der Waals surface area contributed by atoms with Gasteiger partial charge < -0.3 is 47.1 Å². The minimum absolute atomic E-state index is 0.00210. The molecule has 3 heterocycles. The molecule has 0 saturated heterocycles. The SMILES string of the molecule is C1=CCCCC1.COc1cc(C)ccc1S(=O)(=O)Cl.COc1ccc(S(=O)(=O)N2Cc3ccc(C)cc3C2)c(OC)c1.Cc1ccc2c(c1)CNC2.O=S(=O)(c1ccc(O)cc1O)N1Cc2ccc(O)cc2C1.S=[P+]([S-])S(=S)(=S)[S-](=S)=S. The molecule has 28 heteroatoms. The second-order valence-electron chi connectivity index (χ2n) is 18.5. The monoisotopic (exact) mass is 1360 g/mol. The predicted octanol–water partition coefficient (Wildman–Crippen LogP) is 10.7. The molecule has 0 amide bonds. The molecule has 0 bridgehead atoms. The number of phenols is 3. The van der Waals surface area contributed by atoms with Crippen molar-refractivity contribution in [1.82, 2.24) is 13.9 Å². The summed E-state index contributed by atoms with van der Waals surface area (Å²) in [7, 11) is -2.41. The number of hydrogen-bond acceptors (Lipinski definition) is 20. The summed E-state index contributed by atoms with van der Waals surface area (Å²) < 4.78 is 91.0. The molecule has 1 aliphatic carbocycles. The van der Waals surface area contributed by atoms with Gasteiger partial charge >= 0.3 is 0 Å². The Morgan fingerprint density at radius 1 is 0.561 bits per heavy atom. The Bertz CT molecular complexity index is 3850. The third-order valence-electron chi connectivity index (χ3n) is 12.6. The second kappa shape index (κ2) is 31.1. The Morgan fingerprint density at radius 2 is 1.00 bits per heavy atom. The molecule has 10 rings (SSSR count). The van der Waals surface area contributed by atoms with E-state index in [2.05, 4.69) is 42.6 Å². The van der Waals surface area contributed by atoms with Crippen LogP contribution in [0.5, 0.6) is 34.5 Å². The maximum absolute atomic E-state index is 13.0. The normalized spacial score (nSPS) is 14.7. The maximum Gasteiger partial charge on any atom is 0.264 e. The van der Waals surface area contributed by atoms with Crippen LogP contribution >= 0.6 is 15.8 Å². The molecule has 4 N–H and O–H groups in total. The molecule has 15 nitrogen and oxygen atoms in total. The fraction of sp³-hybridized carbons (Fsp3) is 0.296. The molecule has 444 valence electrons. The van der Waals surface area contributed by atoms with Gasteiger partial charge in [-0.25, -0.2) is 54.7 Å². The summed E-state index contributed by atoms with van der Waals surface area (Å²) in [5.74, 6) is -1.29. The van der Waals surface area contributed by atoms with Crippen molar-refractivity contribution in [3.05, 3.63) is 171 Å². The molecule has 6 aromatic carbocycles. The maximum atomic E-state index is 13.0. The number of ether oxygens (including phenoxy) is 3. The summed E-state index contributed by atoms with van der Waals surface area (Å²) in [4.78, 5) is -0.0927. The number of nitrogens with zero attached hydrogens (tertiary/aromatic N) is 2. The average molecular weight is 1360 g/mol. The number of nitrogens with one attached hydrogen (secondary N) is 1. The lowest BCUT2D eigenvalue weighted by atomic mass is 10.1. The van der Waals surface area contributed by atoms with Crippen molar-refractivity contribution in [2.24, 2.45) is 0 Å². The van der Waals surface area contributed by atoms with E-state index in [1.54, 1.807) is 30.3 Å².